The molecule has 4 atom stereocenters. The summed E-state index contributed by atoms with van der Waals surface area (Å²) in [5, 5.41) is 28.0. The van der Waals surface area contributed by atoms with E-state index in [4.69, 9.17) is 16.3 Å². The minimum absolute atomic E-state index is 0.166. The number of hydrogen-bond donors (Lipinski definition) is 3. The average Bonchev–Trinajstić information content (AvgIpc) is 3.84. The third-order valence-electron chi connectivity index (χ3n) is 9.97. The van der Waals surface area contributed by atoms with Crippen molar-refractivity contribution in [3.8, 4) is 11.8 Å². The molecule has 0 radical (unpaired) electrons. The van der Waals surface area contributed by atoms with Gasteiger partial charge in [0.1, 0.15) is 11.6 Å². The van der Waals surface area contributed by atoms with Crippen LogP contribution in [0.2, 0.25) is 5.02 Å². The van der Waals surface area contributed by atoms with Gasteiger partial charge in [-0.1, -0.05) is 24.9 Å². The van der Waals surface area contributed by atoms with E-state index in [9.17, 15) is 15.2 Å². The van der Waals surface area contributed by atoms with Crippen molar-refractivity contribution in [1.29, 1.82) is 5.26 Å². The van der Waals surface area contributed by atoms with E-state index in [0.29, 0.717) is 52.1 Å². The summed E-state index contributed by atoms with van der Waals surface area (Å²) in [6.07, 6.45) is 8.31. The molecule has 248 valence electrons. The lowest BCUT2D eigenvalue weighted by atomic mass is 9.70. The van der Waals surface area contributed by atoms with Crippen LogP contribution in [0.25, 0.3) is 0 Å². The Balaban J connectivity index is 1.41. The van der Waals surface area contributed by atoms with E-state index in [2.05, 4.69) is 56.4 Å². The predicted molar refractivity (Wildman–Crippen MR) is 187 cm³/mol. The summed E-state index contributed by atoms with van der Waals surface area (Å²) in [6.45, 7) is 10.4. The van der Waals surface area contributed by atoms with Gasteiger partial charge in [-0.3, -0.25) is 4.79 Å². The number of anilines is 2. The van der Waals surface area contributed by atoms with Crippen LogP contribution in [-0.4, -0.2) is 52.2 Å². The van der Waals surface area contributed by atoms with Crippen molar-refractivity contribution in [3.05, 3.63) is 56.8 Å². The summed E-state index contributed by atoms with van der Waals surface area (Å²) in [6, 6.07) is 9.94. The number of carbonyl (C=O) groups excluding carboxylic acids is 1. The Kier molecular flexibility index (Phi) is 11.7. The first-order valence-corrected chi connectivity index (χ1v) is 17.9. The number of piperidine rings is 1. The summed E-state index contributed by atoms with van der Waals surface area (Å²) < 4.78 is 7.35. The molecule has 2 aliphatic carbocycles. The van der Waals surface area contributed by atoms with Crippen molar-refractivity contribution in [3.63, 3.8) is 0 Å². The number of aromatic nitrogens is 1. The quantitative estimate of drug-likeness (QED) is 0.191. The zero-order valence-corrected chi connectivity index (χ0v) is 29.7. The fraction of sp³-hybridized carbons (Fsp3) is 0.583. The van der Waals surface area contributed by atoms with Crippen LogP contribution in [0, 0.1) is 35.0 Å². The first-order valence-electron chi connectivity index (χ1n) is 16.8. The van der Waals surface area contributed by atoms with E-state index in [0.717, 1.165) is 62.5 Å². The number of nitrogens with one attached hydrogen (secondary N) is 2. The van der Waals surface area contributed by atoms with Gasteiger partial charge in [0.2, 0.25) is 0 Å². The van der Waals surface area contributed by atoms with E-state index in [1.807, 2.05) is 19.9 Å². The van der Waals surface area contributed by atoms with E-state index in [1.165, 1.54) is 11.3 Å². The molecule has 8 nitrogen and oxygen atoms in total. The van der Waals surface area contributed by atoms with Crippen LogP contribution in [0.5, 0.6) is 5.75 Å². The second-order valence-electron chi connectivity index (χ2n) is 13.6. The highest BCUT2D eigenvalue weighted by molar-refractivity contribution is 9.10. The molecule has 0 spiro atoms. The number of likely N-dealkylation sites (tertiary alicyclic amines) is 1. The predicted octanol–water partition coefficient (Wildman–Crippen LogP) is 8.42. The van der Waals surface area contributed by atoms with Gasteiger partial charge in [0.15, 0.2) is 0 Å². The molecule has 5 rings (SSSR count). The second-order valence-corrected chi connectivity index (χ2v) is 15.0. The average molecular weight is 713 g/mol. The maximum absolute atomic E-state index is 13.8. The maximum atomic E-state index is 13.8. The SMILES string of the molecule is CC(CC(O)C(C)C(C#N)C1CCC1)Oc1cc(Cl)cc(C(=O)Nc2ccc(Br)cn2)c1NC(=C1CC1)C1CCN(C(C)C)CC1. The number of carbonyl (C=O) groups is 1. The van der Waals surface area contributed by atoms with Crippen LogP contribution >= 0.6 is 27.5 Å². The molecule has 2 saturated carbocycles. The molecule has 10 heteroatoms. The highest BCUT2D eigenvalue weighted by atomic mass is 79.9. The topological polar surface area (TPSA) is 111 Å². The standard InChI is InChI=1S/C36H47BrClN5O3/c1-21(2)43-14-12-26(13-15-43)34(25-8-9-25)42-35-29(36(45)41-33-11-10-27(37)20-40-33)17-28(38)18-32(35)46-22(3)16-31(44)23(4)30(19-39)24-6-5-7-24/h10-11,17-18,20-24,26,30-31,42,44H,5-9,12-16H2,1-4H3,(H,40,41,45). The summed E-state index contributed by atoms with van der Waals surface area (Å²) in [7, 11) is 0. The van der Waals surface area contributed by atoms with Gasteiger partial charge in [-0.05, 0) is 124 Å². The number of hydrogen-bond acceptors (Lipinski definition) is 7. The number of rotatable bonds is 13. The van der Waals surface area contributed by atoms with Gasteiger partial charge in [-0.25, -0.2) is 4.98 Å². The van der Waals surface area contributed by atoms with E-state index in [1.54, 1.807) is 24.4 Å². The normalized spacial score (nSPS) is 19.8. The number of pyridine rings is 1. The van der Waals surface area contributed by atoms with Crippen molar-refractivity contribution in [1.82, 2.24) is 9.88 Å². The number of aliphatic hydroxyl groups excluding tert-OH is 1. The number of halogens is 2. The number of nitriles is 1. The van der Waals surface area contributed by atoms with Crippen LogP contribution < -0.4 is 15.4 Å². The van der Waals surface area contributed by atoms with Gasteiger partial charge in [0, 0.05) is 45.8 Å². The Labute approximate surface area is 287 Å². The smallest absolute Gasteiger partial charge is 0.259 e. The largest absolute Gasteiger partial charge is 0.488 e. The van der Waals surface area contributed by atoms with E-state index >= 15 is 0 Å². The summed E-state index contributed by atoms with van der Waals surface area (Å²) in [4.78, 5) is 20.7. The number of benzene rings is 1. The number of aliphatic hydroxyl groups is 1. The summed E-state index contributed by atoms with van der Waals surface area (Å²) in [5.41, 5.74) is 3.51. The van der Waals surface area contributed by atoms with Crippen molar-refractivity contribution >= 4 is 44.9 Å². The lowest BCUT2D eigenvalue weighted by molar-refractivity contribution is 0.0308. The van der Waals surface area contributed by atoms with Crippen LogP contribution in [0.15, 0.2) is 46.2 Å². The molecule has 3 aliphatic rings. The molecule has 1 amide bonds. The number of allylic oxidation sites excluding steroid dienone is 2. The molecule has 2 heterocycles. The van der Waals surface area contributed by atoms with Crippen molar-refractivity contribution in [2.75, 3.05) is 23.7 Å². The number of ether oxygens (including phenoxy) is 1. The van der Waals surface area contributed by atoms with Gasteiger partial charge in [0.25, 0.3) is 5.91 Å². The van der Waals surface area contributed by atoms with E-state index in [-0.39, 0.29) is 17.7 Å². The molecule has 3 fully saturated rings. The van der Waals surface area contributed by atoms with Crippen LogP contribution in [0.4, 0.5) is 11.5 Å². The van der Waals surface area contributed by atoms with Gasteiger partial charge >= 0.3 is 0 Å². The molecule has 46 heavy (non-hydrogen) atoms. The molecule has 1 aromatic carbocycles. The molecule has 3 N–H and O–H groups in total. The Morgan fingerprint density at radius 3 is 2.43 bits per heavy atom. The first-order chi connectivity index (χ1) is 22.0. The molecular formula is C36H47BrClN5O3. The molecule has 2 aromatic rings. The van der Waals surface area contributed by atoms with Crippen molar-refractivity contribution < 1.29 is 14.6 Å². The zero-order valence-electron chi connectivity index (χ0n) is 27.4. The zero-order chi connectivity index (χ0) is 33.0. The lowest BCUT2D eigenvalue weighted by Gasteiger charge is -2.36. The Morgan fingerprint density at radius 2 is 1.87 bits per heavy atom. The monoisotopic (exact) mass is 711 g/mol. The minimum atomic E-state index is -0.697. The minimum Gasteiger partial charge on any atom is -0.488 e. The van der Waals surface area contributed by atoms with Gasteiger partial charge in [-0.15, -0.1) is 0 Å². The van der Waals surface area contributed by atoms with Crippen molar-refractivity contribution in [2.45, 2.75) is 97.3 Å². The third-order valence-corrected chi connectivity index (χ3v) is 10.7. The van der Waals surface area contributed by atoms with E-state index < -0.39 is 12.2 Å². The highest BCUT2D eigenvalue weighted by Crippen LogP contribution is 2.43. The first kappa shape index (κ1) is 34.7. The van der Waals surface area contributed by atoms with Crippen LogP contribution in [-0.2, 0) is 0 Å². The molecule has 0 bridgehead atoms. The van der Waals surface area contributed by atoms with Crippen LogP contribution in [0.3, 0.4) is 0 Å². The summed E-state index contributed by atoms with van der Waals surface area (Å²) in [5.74, 6) is 0.915. The maximum Gasteiger partial charge on any atom is 0.259 e. The van der Waals surface area contributed by atoms with Gasteiger partial charge < -0.3 is 25.4 Å². The highest BCUT2D eigenvalue weighted by Gasteiger charge is 2.36. The second kappa shape index (κ2) is 15.5. The van der Waals surface area contributed by atoms with Gasteiger partial charge in [-0.2, -0.15) is 5.26 Å². The fourth-order valence-corrected chi connectivity index (χ4v) is 7.22. The molecular weight excluding hydrogens is 666 g/mol. The van der Waals surface area contributed by atoms with Crippen LogP contribution in [0.1, 0.15) is 89.4 Å². The Bertz CT molecular complexity index is 1440. The number of amides is 1. The molecule has 1 saturated heterocycles. The third kappa shape index (κ3) is 8.63. The Morgan fingerprint density at radius 1 is 1.15 bits per heavy atom. The number of nitrogens with zero attached hydrogens (tertiary/aromatic N) is 3. The Hall–Kier alpha value is -2.64. The van der Waals surface area contributed by atoms with Gasteiger partial charge in [0.05, 0.1) is 35.4 Å². The lowest BCUT2D eigenvalue weighted by Crippen LogP contribution is -2.39. The molecule has 1 aliphatic heterocycles. The summed E-state index contributed by atoms with van der Waals surface area (Å²) >= 11 is 10.0. The fourth-order valence-electron chi connectivity index (χ4n) is 6.78. The molecule has 4 unspecified atom stereocenters. The van der Waals surface area contributed by atoms with Crippen molar-refractivity contribution in [2.24, 2.45) is 23.7 Å². The molecule has 1 aromatic heterocycles.